The van der Waals surface area contributed by atoms with Crippen LogP contribution >= 0.6 is 11.8 Å². The number of nitrogens with zero attached hydrogens (tertiary/aromatic N) is 1. The van der Waals surface area contributed by atoms with E-state index in [1.807, 2.05) is 4.90 Å². The van der Waals surface area contributed by atoms with Gasteiger partial charge in [0.25, 0.3) is 0 Å². The van der Waals surface area contributed by atoms with Crippen molar-refractivity contribution in [3.8, 4) is 0 Å². The second-order valence-corrected chi connectivity index (χ2v) is 7.36. The molecule has 0 bridgehead atoms. The molecule has 1 rings (SSSR count). The molecule has 0 amide bonds. The van der Waals surface area contributed by atoms with E-state index in [1.165, 1.54) is 6.26 Å². The summed E-state index contributed by atoms with van der Waals surface area (Å²) in [6, 6.07) is -0.460. The van der Waals surface area contributed by atoms with Gasteiger partial charge in [-0.15, -0.1) is 0 Å². The van der Waals surface area contributed by atoms with Gasteiger partial charge in [0.1, 0.15) is 15.9 Å². The van der Waals surface area contributed by atoms with Crippen molar-refractivity contribution < 1.29 is 18.3 Å². The summed E-state index contributed by atoms with van der Waals surface area (Å²) in [5.74, 6) is 0.825. The van der Waals surface area contributed by atoms with E-state index >= 15 is 0 Å². The Morgan fingerprint density at radius 1 is 1.56 bits per heavy atom. The molecule has 5 nitrogen and oxygen atoms in total. The van der Waals surface area contributed by atoms with E-state index in [2.05, 4.69) is 0 Å². The maximum absolute atomic E-state index is 11.0. The van der Waals surface area contributed by atoms with E-state index in [-0.39, 0.29) is 5.75 Å². The number of carboxylic acids is 1. The molecule has 16 heavy (non-hydrogen) atoms. The van der Waals surface area contributed by atoms with Gasteiger partial charge in [-0.1, -0.05) is 0 Å². The van der Waals surface area contributed by atoms with Gasteiger partial charge in [0.15, 0.2) is 0 Å². The molecule has 0 radical (unpaired) electrons. The summed E-state index contributed by atoms with van der Waals surface area (Å²) in [5, 5.41) is 8.99. The maximum Gasteiger partial charge on any atom is 0.321 e. The minimum Gasteiger partial charge on any atom is -0.480 e. The topological polar surface area (TPSA) is 74.7 Å². The largest absolute Gasteiger partial charge is 0.480 e. The van der Waals surface area contributed by atoms with Gasteiger partial charge in [-0.25, -0.2) is 8.42 Å². The number of hydrogen-bond acceptors (Lipinski definition) is 5. The quantitative estimate of drug-likeness (QED) is 0.751. The lowest BCUT2D eigenvalue weighted by Gasteiger charge is -2.32. The monoisotopic (exact) mass is 267 g/mol. The van der Waals surface area contributed by atoms with Crippen LogP contribution in [-0.4, -0.2) is 67.0 Å². The molecule has 1 saturated heterocycles. The van der Waals surface area contributed by atoms with Crippen LogP contribution in [0.25, 0.3) is 0 Å². The highest BCUT2D eigenvalue weighted by Gasteiger charge is 2.28. The maximum atomic E-state index is 11.0. The van der Waals surface area contributed by atoms with Gasteiger partial charge in [0.2, 0.25) is 0 Å². The number of sulfone groups is 1. The average Bonchev–Trinajstić information content (AvgIpc) is 2.16. The molecular weight excluding hydrogens is 250 g/mol. The highest BCUT2D eigenvalue weighted by atomic mass is 32.2. The zero-order valence-electron chi connectivity index (χ0n) is 9.26. The molecule has 0 aromatic heterocycles. The fraction of sp³-hybridized carbons (Fsp3) is 0.889. The number of carbonyl (C=O) groups is 1. The lowest BCUT2D eigenvalue weighted by Crippen LogP contribution is -2.47. The molecule has 94 valence electrons. The summed E-state index contributed by atoms with van der Waals surface area (Å²) in [5.41, 5.74) is 0. The van der Waals surface area contributed by atoms with Crippen LogP contribution in [0.2, 0.25) is 0 Å². The van der Waals surface area contributed by atoms with Crippen LogP contribution in [-0.2, 0) is 14.6 Å². The summed E-state index contributed by atoms with van der Waals surface area (Å²) < 4.78 is 21.9. The molecule has 1 aliphatic rings. The van der Waals surface area contributed by atoms with Crippen molar-refractivity contribution in [2.75, 3.05) is 36.6 Å². The van der Waals surface area contributed by atoms with Crippen LogP contribution in [0.1, 0.15) is 6.42 Å². The van der Waals surface area contributed by atoms with Crippen LogP contribution in [0.4, 0.5) is 0 Å². The zero-order valence-corrected chi connectivity index (χ0v) is 10.9. The van der Waals surface area contributed by atoms with Crippen molar-refractivity contribution in [2.45, 2.75) is 12.5 Å². The van der Waals surface area contributed by atoms with Crippen molar-refractivity contribution >= 4 is 27.6 Å². The SMILES string of the molecule is CS(=O)(=O)CCCN1CCSCC1C(=O)O. The van der Waals surface area contributed by atoms with Gasteiger partial charge < -0.3 is 5.11 Å². The minimum atomic E-state index is -2.94. The highest BCUT2D eigenvalue weighted by molar-refractivity contribution is 7.99. The molecule has 1 N–H and O–H groups in total. The first kappa shape index (κ1) is 13.8. The highest BCUT2D eigenvalue weighted by Crippen LogP contribution is 2.16. The first-order valence-electron chi connectivity index (χ1n) is 5.12. The van der Waals surface area contributed by atoms with E-state index in [9.17, 15) is 13.2 Å². The van der Waals surface area contributed by atoms with E-state index in [1.54, 1.807) is 11.8 Å². The Bertz CT molecular complexity index is 341. The molecule has 1 heterocycles. The molecule has 1 unspecified atom stereocenters. The number of rotatable bonds is 5. The smallest absolute Gasteiger partial charge is 0.321 e. The molecular formula is C9H17NO4S2. The normalized spacial score (nSPS) is 23.2. The van der Waals surface area contributed by atoms with Crippen LogP contribution in [0.5, 0.6) is 0 Å². The van der Waals surface area contributed by atoms with Crippen molar-refractivity contribution in [1.82, 2.24) is 4.90 Å². The molecule has 0 aliphatic carbocycles. The fourth-order valence-electron chi connectivity index (χ4n) is 1.66. The predicted molar refractivity (Wildman–Crippen MR) is 64.6 cm³/mol. The summed E-state index contributed by atoms with van der Waals surface area (Å²) in [7, 11) is -2.94. The average molecular weight is 267 g/mol. The standard InChI is InChI=1S/C9H17NO4S2/c1-16(13,14)6-2-3-10-4-5-15-7-8(10)9(11)12/h8H,2-7H2,1H3,(H,11,12). The lowest BCUT2D eigenvalue weighted by atomic mass is 10.2. The third-order valence-corrected chi connectivity index (χ3v) is 4.54. The first-order chi connectivity index (χ1) is 7.40. The van der Waals surface area contributed by atoms with E-state index < -0.39 is 21.8 Å². The summed E-state index contributed by atoms with van der Waals surface area (Å²) >= 11 is 1.63. The van der Waals surface area contributed by atoms with Crippen LogP contribution in [0, 0.1) is 0 Å². The van der Waals surface area contributed by atoms with Crippen LogP contribution < -0.4 is 0 Å². The Labute approximate surface area is 100 Å². The van der Waals surface area contributed by atoms with Crippen LogP contribution in [0.3, 0.4) is 0 Å². The second-order valence-electron chi connectivity index (χ2n) is 3.95. The molecule has 0 spiro atoms. The third kappa shape index (κ3) is 4.71. The number of hydrogen-bond donors (Lipinski definition) is 1. The van der Waals surface area contributed by atoms with Gasteiger partial charge in [-0.3, -0.25) is 9.69 Å². The first-order valence-corrected chi connectivity index (χ1v) is 8.34. The molecule has 1 atom stereocenters. The summed E-state index contributed by atoms with van der Waals surface area (Å²) in [4.78, 5) is 12.8. The fourth-order valence-corrected chi connectivity index (χ4v) is 3.42. The number of carboxylic acid groups (broad SMARTS) is 1. The number of aliphatic carboxylic acids is 1. The summed E-state index contributed by atoms with van der Waals surface area (Å²) in [6.07, 6.45) is 1.71. The van der Waals surface area contributed by atoms with E-state index in [0.717, 1.165) is 12.3 Å². The van der Waals surface area contributed by atoms with Crippen molar-refractivity contribution in [2.24, 2.45) is 0 Å². The second kappa shape index (κ2) is 5.88. The van der Waals surface area contributed by atoms with Crippen LogP contribution in [0.15, 0.2) is 0 Å². The van der Waals surface area contributed by atoms with Crippen molar-refractivity contribution in [1.29, 1.82) is 0 Å². The van der Waals surface area contributed by atoms with Crippen molar-refractivity contribution in [3.63, 3.8) is 0 Å². The Balaban J connectivity index is 2.41. The minimum absolute atomic E-state index is 0.128. The van der Waals surface area contributed by atoms with E-state index in [4.69, 9.17) is 5.11 Å². The Morgan fingerprint density at radius 2 is 2.25 bits per heavy atom. The molecule has 7 heteroatoms. The van der Waals surface area contributed by atoms with Gasteiger partial charge >= 0.3 is 5.97 Å². The van der Waals surface area contributed by atoms with Gasteiger partial charge in [0, 0.05) is 30.9 Å². The molecule has 0 aromatic rings. The van der Waals surface area contributed by atoms with E-state index in [0.29, 0.717) is 18.7 Å². The molecule has 0 aromatic carbocycles. The third-order valence-electron chi connectivity index (χ3n) is 2.48. The molecule has 0 saturated carbocycles. The van der Waals surface area contributed by atoms with Crippen molar-refractivity contribution in [3.05, 3.63) is 0 Å². The van der Waals surface area contributed by atoms with Gasteiger partial charge in [-0.2, -0.15) is 11.8 Å². The zero-order chi connectivity index (χ0) is 12.2. The van der Waals surface area contributed by atoms with Gasteiger partial charge in [0.05, 0.1) is 5.75 Å². The lowest BCUT2D eigenvalue weighted by molar-refractivity contribution is -0.142. The Kier molecular flexibility index (Phi) is 5.07. The Hall–Kier alpha value is -0.270. The molecule has 1 fully saturated rings. The number of thioether (sulfide) groups is 1. The predicted octanol–water partition coefficient (Wildman–Crippen LogP) is -0.0769. The van der Waals surface area contributed by atoms with Gasteiger partial charge in [-0.05, 0) is 6.42 Å². The summed E-state index contributed by atoms with van der Waals surface area (Å²) in [6.45, 7) is 1.27. The Morgan fingerprint density at radius 3 is 2.81 bits per heavy atom. The molecule has 1 aliphatic heterocycles.